The maximum Gasteiger partial charge on any atom is 0.248 e. The summed E-state index contributed by atoms with van der Waals surface area (Å²) < 4.78 is 1.07. The predicted molar refractivity (Wildman–Crippen MR) is 71.7 cm³/mol. The van der Waals surface area contributed by atoms with Gasteiger partial charge in [0.2, 0.25) is 5.91 Å². The number of nitrogens with one attached hydrogen (secondary N) is 1. The first kappa shape index (κ1) is 14.2. The highest BCUT2D eigenvalue weighted by Gasteiger charge is 2.11. The minimum atomic E-state index is -0.940. The van der Waals surface area contributed by atoms with E-state index in [9.17, 15) is 4.79 Å². The summed E-state index contributed by atoms with van der Waals surface area (Å²) in [5, 5.41) is 11.8. The SMILES string of the molecule is CC(CCc1ccc(Br)cc1)NC(=O)C(C)O. The van der Waals surface area contributed by atoms with Crippen LogP contribution in [0.2, 0.25) is 0 Å². The van der Waals surface area contributed by atoms with E-state index in [1.807, 2.05) is 19.1 Å². The molecule has 0 bridgehead atoms. The number of hydrogen-bond acceptors (Lipinski definition) is 2. The minimum absolute atomic E-state index is 0.0701. The summed E-state index contributed by atoms with van der Waals surface area (Å²) in [5.41, 5.74) is 1.24. The molecular formula is C13H18BrNO2. The largest absolute Gasteiger partial charge is 0.384 e. The number of benzene rings is 1. The highest BCUT2D eigenvalue weighted by Crippen LogP contribution is 2.12. The van der Waals surface area contributed by atoms with Crippen LogP contribution in [0.3, 0.4) is 0 Å². The highest BCUT2D eigenvalue weighted by molar-refractivity contribution is 9.10. The average molecular weight is 300 g/mol. The van der Waals surface area contributed by atoms with Crippen molar-refractivity contribution in [3.8, 4) is 0 Å². The Morgan fingerprint density at radius 2 is 1.94 bits per heavy atom. The summed E-state index contributed by atoms with van der Waals surface area (Å²) in [7, 11) is 0. The summed E-state index contributed by atoms with van der Waals surface area (Å²) >= 11 is 3.39. The molecule has 2 atom stereocenters. The Hall–Kier alpha value is -0.870. The molecule has 0 aliphatic carbocycles. The Bertz CT molecular complexity index is 362. The second-order valence-corrected chi connectivity index (χ2v) is 5.17. The van der Waals surface area contributed by atoms with Gasteiger partial charge in [0, 0.05) is 10.5 Å². The molecule has 0 saturated carbocycles. The van der Waals surface area contributed by atoms with Gasteiger partial charge in [-0.2, -0.15) is 0 Å². The van der Waals surface area contributed by atoms with Crippen molar-refractivity contribution in [2.24, 2.45) is 0 Å². The fourth-order valence-electron chi connectivity index (χ4n) is 1.47. The highest BCUT2D eigenvalue weighted by atomic mass is 79.9. The molecule has 3 nitrogen and oxygen atoms in total. The third-order valence-electron chi connectivity index (χ3n) is 2.55. The smallest absolute Gasteiger partial charge is 0.248 e. The monoisotopic (exact) mass is 299 g/mol. The van der Waals surface area contributed by atoms with Crippen LogP contribution in [-0.4, -0.2) is 23.2 Å². The molecule has 0 heterocycles. The topological polar surface area (TPSA) is 49.3 Å². The van der Waals surface area contributed by atoms with Crippen molar-refractivity contribution in [2.75, 3.05) is 0 Å². The summed E-state index contributed by atoms with van der Waals surface area (Å²) in [6.45, 7) is 3.41. The molecule has 1 rings (SSSR count). The number of rotatable bonds is 5. The molecule has 1 aromatic rings. The molecule has 4 heteroatoms. The van der Waals surface area contributed by atoms with E-state index in [0.29, 0.717) is 0 Å². The van der Waals surface area contributed by atoms with E-state index in [2.05, 4.69) is 33.4 Å². The summed E-state index contributed by atoms with van der Waals surface area (Å²) in [6.07, 6.45) is 0.833. The van der Waals surface area contributed by atoms with Gasteiger partial charge in [0.25, 0.3) is 0 Å². The summed E-state index contributed by atoms with van der Waals surface area (Å²) in [5.74, 6) is -0.312. The van der Waals surface area contributed by atoms with Crippen LogP contribution in [0.25, 0.3) is 0 Å². The van der Waals surface area contributed by atoms with Gasteiger partial charge in [-0.3, -0.25) is 4.79 Å². The zero-order valence-electron chi connectivity index (χ0n) is 10.1. The van der Waals surface area contributed by atoms with Gasteiger partial charge >= 0.3 is 0 Å². The van der Waals surface area contributed by atoms with E-state index in [-0.39, 0.29) is 11.9 Å². The lowest BCUT2D eigenvalue weighted by molar-refractivity contribution is -0.129. The van der Waals surface area contributed by atoms with Gasteiger partial charge in [-0.05, 0) is 44.4 Å². The molecule has 0 fully saturated rings. The van der Waals surface area contributed by atoms with Crippen LogP contribution in [0, 0.1) is 0 Å². The van der Waals surface area contributed by atoms with Crippen molar-refractivity contribution in [1.29, 1.82) is 0 Å². The van der Waals surface area contributed by atoms with Gasteiger partial charge in [-0.1, -0.05) is 28.1 Å². The molecule has 2 N–H and O–H groups in total. The predicted octanol–water partition coefficient (Wildman–Crippen LogP) is 2.27. The number of amides is 1. The first-order valence-electron chi connectivity index (χ1n) is 5.72. The maximum absolute atomic E-state index is 11.2. The molecule has 0 spiro atoms. The second kappa shape index (κ2) is 6.77. The van der Waals surface area contributed by atoms with Gasteiger partial charge in [0.05, 0.1) is 0 Å². The second-order valence-electron chi connectivity index (χ2n) is 4.25. The van der Waals surface area contributed by atoms with Crippen LogP contribution in [0.1, 0.15) is 25.8 Å². The fourth-order valence-corrected chi connectivity index (χ4v) is 1.73. The normalized spacial score (nSPS) is 14.1. The maximum atomic E-state index is 11.2. The quantitative estimate of drug-likeness (QED) is 0.876. The molecular weight excluding hydrogens is 282 g/mol. The first-order valence-corrected chi connectivity index (χ1v) is 6.51. The molecule has 1 amide bonds. The number of carbonyl (C=O) groups is 1. The van der Waals surface area contributed by atoms with Crippen LogP contribution in [0.5, 0.6) is 0 Å². The third-order valence-corrected chi connectivity index (χ3v) is 3.08. The average Bonchev–Trinajstić information content (AvgIpc) is 2.28. The van der Waals surface area contributed by atoms with Gasteiger partial charge in [-0.15, -0.1) is 0 Å². The van der Waals surface area contributed by atoms with Crippen molar-refractivity contribution in [1.82, 2.24) is 5.32 Å². The Kier molecular flexibility index (Phi) is 5.65. The Morgan fingerprint density at radius 1 is 1.35 bits per heavy atom. The van der Waals surface area contributed by atoms with Crippen LogP contribution in [0.15, 0.2) is 28.7 Å². The van der Waals surface area contributed by atoms with Crippen molar-refractivity contribution in [2.45, 2.75) is 38.8 Å². The van der Waals surface area contributed by atoms with Crippen LogP contribution < -0.4 is 5.32 Å². The Morgan fingerprint density at radius 3 is 2.47 bits per heavy atom. The lowest BCUT2D eigenvalue weighted by atomic mass is 10.1. The molecule has 0 saturated heterocycles. The number of carbonyl (C=O) groups excluding carboxylic acids is 1. The molecule has 0 aliphatic rings. The van der Waals surface area contributed by atoms with Crippen LogP contribution in [0.4, 0.5) is 0 Å². The standard InChI is InChI=1S/C13H18BrNO2/c1-9(15-13(17)10(2)16)3-4-11-5-7-12(14)8-6-11/h5-10,16H,3-4H2,1-2H3,(H,15,17). The van der Waals surface area contributed by atoms with Crippen LogP contribution >= 0.6 is 15.9 Å². The summed E-state index contributed by atoms with van der Waals surface area (Å²) in [4.78, 5) is 11.2. The van der Waals surface area contributed by atoms with E-state index >= 15 is 0 Å². The van der Waals surface area contributed by atoms with E-state index in [1.165, 1.54) is 12.5 Å². The van der Waals surface area contributed by atoms with E-state index in [1.54, 1.807) is 0 Å². The van der Waals surface area contributed by atoms with Crippen molar-refractivity contribution in [3.63, 3.8) is 0 Å². The third kappa shape index (κ3) is 5.33. The molecule has 0 aliphatic heterocycles. The zero-order chi connectivity index (χ0) is 12.8. The lowest BCUT2D eigenvalue weighted by Gasteiger charge is -2.15. The number of aliphatic hydroxyl groups excluding tert-OH is 1. The number of aliphatic hydroxyl groups is 1. The van der Waals surface area contributed by atoms with E-state index in [4.69, 9.17) is 5.11 Å². The van der Waals surface area contributed by atoms with Crippen molar-refractivity contribution in [3.05, 3.63) is 34.3 Å². The number of halogens is 1. The Balaban J connectivity index is 2.35. The molecule has 94 valence electrons. The molecule has 1 aromatic carbocycles. The molecule has 2 unspecified atom stereocenters. The molecule has 0 radical (unpaired) electrons. The Labute approximate surface area is 110 Å². The fraction of sp³-hybridized carbons (Fsp3) is 0.462. The first-order chi connectivity index (χ1) is 7.99. The van der Waals surface area contributed by atoms with E-state index < -0.39 is 6.10 Å². The van der Waals surface area contributed by atoms with Crippen LogP contribution in [-0.2, 0) is 11.2 Å². The summed E-state index contributed by atoms with van der Waals surface area (Å²) in [6, 6.07) is 8.21. The molecule has 17 heavy (non-hydrogen) atoms. The number of hydrogen-bond donors (Lipinski definition) is 2. The molecule has 0 aromatic heterocycles. The zero-order valence-corrected chi connectivity index (χ0v) is 11.7. The van der Waals surface area contributed by atoms with Gasteiger partial charge in [0.15, 0.2) is 0 Å². The van der Waals surface area contributed by atoms with E-state index in [0.717, 1.165) is 17.3 Å². The van der Waals surface area contributed by atoms with Crippen molar-refractivity contribution >= 4 is 21.8 Å². The lowest BCUT2D eigenvalue weighted by Crippen LogP contribution is -2.38. The van der Waals surface area contributed by atoms with Gasteiger partial charge in [0.1, 0.15) is 6.10 Å². The van der Waals surface area contributed by atoms with Gasteiger partial charge in [-0.25, -0.2) is 0 Å². The van der Waals surface area contributed by atoms with Gasteiger partial charge < -0.3 is 10.4 Å². The van der Waals surface area contributed by atoms with Crippen molar-refractivity contribution < 1.29 is 9.90 Å². The minimum Gasteiger partial charge on any atom is -0.384 e. The number of aryl methyl sites for hydroxylation is 1.